The van der Waals surface area contributed by atoms with Crippen LogP contribution in [0.4, 0.5) is 0 Å². The molecule has 0 aromatic rings. The summed E-state index contributed by atoms with van der Waals surface area (Å²) in [7, 11) is 0. The second-order valence-corrected chi connectivity index (χ2v) is 4.64. The Balaban J connectivity index is 2.74. The molecule has 4 heteroatoms. The predicted molar refractivity (Wildman–Crippen MR) is 49.7 cm³/mol. The number of aliphatic hydroxyl groups is 1. The van der Waals surface area contributed by atoms with Crippen LogP contribution in [0.25, 0.3) is 0 Å². The topological polar surface area (TPSA) is 63.6 Å². The van der Waals surface area contributed by atoms with E-state index in [1.54, 1.807) is 20.8 Å². The highest BCUT2D eigenvalue weighted by molar-refractivity contribution is 6.08. The Hall–Kier alpha value is -0.900. The zero-order valence-electron chi connectivity index (χ0n) is 8.79. The first-order valence-electron chi connectivity index (χ1n) is 4.75. The van der Waals surface area contributed by atoms with Crippen LogP contribution in [0.5, 0.6) is 0 Å². The van der Waals surface area contributed by atoms with Crippen molar-refractivity contribution in [2.45, 2.75) is 51.2 Å². The van der Waals surface area contributed by atoms with Crippen LogP contribution in [0, 0.1) is 0 Å². The molecule has 1 N–H and O–H groups in total. The molecule has 1 rings (SSSR count). The summed E-state index contributed by atoms with van der Waals surface area (Å²) in [5.74, 6) is -1.24. The van der Waals surface area contributed by atoms with Crippen LogP contribution in [-0.2, 0) is 14.3 Å². The maximum absolute atomic E-state index is 11.5. The number of hydrogen-bond donors (Lipinski definition) is 1. The second-order valence-electron chi connectivity index (χ2n) is 4.64. The summed E-state index contributed by atoms with van der Waals surface area (Å²) in [6.07, 6.45) is 0.991. The third-order valence-corrected chi connectivity index (χ3v) is 2.14. The molecule has 0 saturated heterocycles. The molecule has 0 aromatic carbocycles. The van der Waals surface area contributed by atoms with Gasteiger partial charge in [0.1, 0.15) is 5.60 Å². The van der Waals surface area contributed by atoms with Gasteiger partial charge >= 0.3 is 5.97 Å². The predicted octanol–water partition coefficient (Wildman–Crippen LogP) is 0.812. The van der Waals surface area contributed by atoms with Crippen molar-refractivity contribution in [3.05, 3.63) is 0 Å². The zero-order chi connectivity index (χ0) is 11.0. The lowest BCUT2D eigenvalue weighted by atomic mass is 10.0. The molecule has 0 aliphatic heterocycles. The van der Waals surface area contributed by atoms with Crippen LogP contribution in [0.2, 0.25) is 0 Å². The van der Waals surface area contributed by atoms with E-state index in [0.717, 1.165) is 0 Å². The number of Topliss-reactive ketones (excluding diaryl/α,β-unsaturated/α-hetero) is 1. The lowest BCUT2D eigenvalue weighted by molar-refractivity contribution is -0.178. The molecular formula is C10H16O4. The molecule has 0 heterocycles. The maximum Gasteiger partial charge on any atom is 0.346 e. The van der Waals surface area contributed by atoms with Gasteiger partial charge in [-0.05, 0) is 33.6 Å². The molecule has 1 atom stereocenters. The van der Waals surface area contributed by atoms with E-state index >= 15 is 0 Å². The van der Waals surface area contributed by atoms with Gasteiger partial charge in [-0.1, -0.05) is 0 Å². The number of carbonyl (C=O) groups is 2. The molecule has 0 aromatic heterocycles. The van der Waals surface area contributed by atoms with E-state index in [1.807, 2.05) is 0 Å². The second kappa shape index (κ2) is 3.35. The molecule has 0 amide bonds. The van der Waals surface area contributed by atoms with Crippen molar-refractivity contribution in [3.8, 4) is 0 Å². The standard InChI is InChI=1S/C10H16O4/c1-9(2,3)14-8(12)10(13)6-4-5-7(10)11/h13H,4-6H2,1-3H3/t10-/m1/s1. The van der Waals surface area contributed by atoms with E-state index in [9.17, 15) is 14.7 Å². The SMILES string of the molecule is CC(C)(C)OC(=O)[C@@]1(O)CCCC1=O. The smallest absolute Gasteiger partial charge is 0.346 e. The van der Waals surface area contributed by atoms with Gasteiger partial charge in [0.25, 0.3) is 0 Å². The Morgan fingerprint density at radius 3 is 2.43 bits per heavy atom. The highest BCUT2D eigenvalue weighted by atomic mass is 16.6. The summed E-state index contributed by atoms with van der Waals surface area (Å²) < 4.78 is 4.99. The molecule has 0 bridgehead atoms. The fourth-order valence-corrected chi connectivity index (χ4v) is 1.43. The first-order valence-corrected chi connectivity index (χ1v) is 4.75. The van der Waals surface area contributed by atoms with Crippen molar-refractivity contribution in [2.24, 2.45) is 0 Å². The van der Waals surface area contributed by atoms with E-state index in [0.29, 0.717) is 6.42 Å². The quantitative estimate of drug-likeness (QED) is 0.502. The van der Waals surface area contributed by atoms with Crippen molar-refractivity contribution < 1.29 is 19.4 Å². The van der Waals surface area contributed by atoms with Crippen LogP contribution in [-0.4, -0.2) is 28.1 Å². The lowest BCUT2D eigenvalue weighted by Crippen LogP contribution is -2.46. The molecule has 1 saturated carbocycles. The number of ketones is 1. The van der Waals surface area contributed by atoms with Gasteiger partial charge in [0.15, 0.2) is 5.78 Å². The lowest BCUT2D eigenvalue weighted by Gasteiger charge is -2.25. The van der Waals surface area contributed by atoms with E-state index < -0.39 is 23.0 Å². The summed E-state index contributed by atoms with van der Waals surface area (Å²) in [5.41, 5.74) is -2.55. The number of hydrogen-bond acceptors (Lipinski definition) is 4. The molecule has 4 nitrogen and oxygen atoms in total. The van der Waals surface area contributed by atoms with Crippen LogP contribution in [0.3, 0.4) is 0 Å². The highest BCUT2D eigenvalue weighted by Crippen LogP contribution is 2.28. The fourth-order valence-electron chi connectivity index (χ4n) is 1.43. The molecular weight excluding hydrogens is 184 g/mol. The average Bonchev–Trinajstić information content (AvgIpc) is 2.30. The maximum atomic E-state index is 11.5. The number of ether oxygens (including phenoxy) is 1. The molecule has 0 radical (unpaired) electrons. The minimum absolute atomic E-state index is 0.181. The summed E-state index contributed by atoms with van der Waals surface area (Å²) in [6.45, 7) is 5.11. The molecule has 0 unspecified atom stereocenters. The van der Waals surface area contributed by atoms with Gasteiger partial charge in [-0.15, -0.1) is 0 Å². The first kappa shape index (κ1) is 11.2. The van der Waals surface area contributed by atoms with Gasteiger partial charge in [-0.25, -0.2) is 4.79 Å². The van der Waals surface area contributed by atoms with E-state index in [4.69, 9.17) is 4.74 Å². The van der Waals surface area contributed by atoms with Crippen molar-refractivity contribution >= 4 is 11.8 Å². The van der Waals surface area contributed by atoms with Gasteiger partial charge in [0.2, 0.25) is 5.60 Å². The van der Waals surface area contributed by atoms with E-state index in [1.165, 1.54) is 0 Å². The van der Waals surface area contributed by atoms with Crippen molar-refractivity contribution in [1.29, 1.82) is 0 Å². The minimum atomic E-state index is -1.88. The van der Waals surface area contributed by atoms with Crippen LogP contribution < -0.4 is 0 Å². The molecule has 14 heavy (non-hydrogen) atoms. The number of rotatable bonds is 1. The molecule has 1 fully saturated rings. The van der Waals surface area contributed by atoms with Gasteiger partial charge in [-0.3, -0.25) is 4.79 Å². The Morgan fingerprint density at radius 1 is 1.50 bits per heavy atom. The normalized spacial score (nSPS) is 27.9. The van der Waals surface area contributed by atoms with Gasteiger partial charge in [0.05, 0.1) is 0 Å². The molecule has 80 valence electrons. The first-order chi connectivity index (χ1) is 6.26. The number of esters is 1. The van der Waals surface area contributed by atoms with Crippen LogP contribution in [0.15, 0.2) is 0 Å². The third kappa shape index (κ3) is 2.12. The van der Waals surface area contributed by atoms with Crippen LogP contribution >= 0.6 is 0 Å². The van der Waals surface area contributed by atoms with E-state index in [2.05, 4.69) is 0 Å². The summed E-state index contributed by atoms with van der Waals surface area (Å²) in [5, 5.41) is 9.77. The van der Waals surface area contributed by atoms with Gasteiger partial charge in [0, 0.05) is 6.42 Å². The zero-order valence-corrected chi connectivity index (χ0v) is 8.79. The summed E-state index contributed by atoms with van der Waals surface area (Å²) in [4.78, 5) is 22.8. The van der Waals surface area contributed by atoms with Crippen molar-refractivity contribution in [1.82, 2.24) is 0 Å². The van der Waals surface area contributed by atoms with Crippen molar-refractivity contribution in [2.75, 3.05) is 0 Å². The van der Waals surface area contributed by atoms with E-state index in [-0.39, 0.29) is 12.8 Å². The van der Waals surface area contributed by atoms with Gasteiger partial charge in [-0.2, -0.15) is 0 Å². The molecule has 1 aliphatic carbocycles. The monoisotopic (exact) mass is 200 g/mol. The largest absolute Gasteiger partial charge is 0.457 e. The third-order valence-electron chi connectivity index (χ3n) is 2.14. The Bertz CT molecular complexity index is 264. The fraction of sp³-hybridized carbons (Fsp3) is 0.800. The average molecular weight is 200 g/mol. The molecule has 0 spiro atoms. The van der Waals surface area contributed by atoms with Crippen molar-refractivity contribution in [3.63, 3.8) is 0 Å². The number of carbonyl (C=O) groups excluding carboxylic acids is 2. The minimum Gasteiger partial charge on any atom is -0.457 e. The molecule has 1 aliphatic rings. The Kier molecular flexibility index (Phi) is 2.67. The highest BCUT2D eigenvalue weighted by Gasteiger charge is 2.49. The Labute approximate surface area is 83.2 Å². The van der Waals surface area contributed by atoms with Gasteiger partial charge < -0.3 is 9.84 Å². The van der Waals surface area contributed by atoms with Crippen LogP contribution in [0.1, 0.15) is 40.0 Å². The Morgan fingerprint density at radius 2 is 2.07 bits per heavy atom. The summed E-state index contributed by atoms with van der Waals surface area (Å²) >= 11 is 0. The summed E-state index contributed by atoms with van der Waals surface area (Å²) in [6, 6.07) is 0.